The van der Waals surface area contributed by atoms with E-state index in [0.29, 0.717) is 10.0 Å². The second-order valence-electron chi connectivity index (χ2n) is 5.04. The normalized spacial score (nSPS) is 24.2. The molecule has 0 radical (unpaired) electrons. The molecule has 2 nitrogen and oxygen atoms in total. The van der Waals surface area contributed by atoms with Gasteiger partial charge in [-0.15, -0.1) is 0 Å². The van der Waals surface area contributed by atoms with Crippen LogP contribution in [-0.4, -0.2) is 26.7 Å². The molecule has 1 atom stereocenters. The maximum atomic E-state index is 6.16. The summed E-state index contributed by atoms with van der Waals surface area (Å²) in [4.78, 5) is 0. The number of piperidine rings is 1. The first-order chi connectivity index (χ1) is 8.68. The smallest absolute Gasteiger partial charge is 0.0595 e. The summed E-state index contributed by atoms with van der Waals surface area (Å²) >= 11 is 12.2. The predicted molar refractivity (Wildman–Crippen MR) is 78.8 cm³/mol. The molecule has 0 aromatic heterocycles. The fourth-order valence-electron chi connectivity index (χ4n) is 2.76. The molecule has 100 valence electrons. The van der Waals surface area contributed by atoms with Gasteiger partial charge in [0.25, 0.3) is 0 Å². The van der Waals surface area contributed by atoms with E-state index in [1.54, 1.807) is 0 Å². The summed E-state index contributed by atoms with van der Waals surface area (Å²) in [7, 11) is 2.00. The van der Waals surface area contributed by atoms with Crippen LogP contribution in [0.3, 0.4) is 0 Å². The topological polar surface area (TPSA) is 24.1 Å². The van der Waals surface area contributed by atoms with Crippen LogP contribution in [0.15, 0.2) is 18.2 Å². The average molecular weight is 287 g/mol. The van der Waals surface area contributed by atoms with Crippen molar-refractivity contribution in [1.82, 2.24) is 10.6 Å². The highest BCUT2D eigenvalue weighted by Gasteiger charge is 2.33. The molecule has 1 aliphatic rings. The van der Waals surface area contributed by atoms with Gasteiger partial charge in [0.15, 0.2) is 0 Å². The molecule has 1 aliphatic heterocycles. The highest BCUT2D eigenvalue weighted by molar-refractivity contribution is 6.42. The molecule has 1 fully saturated rings. The molecule has 18 heavy (non-hydrogen) atoms. The summed E-state index contributed by atoms with van der Waals surface area (Å²) in [5.74, 6) is 0. The molecule has 0 unspecified atom stereocenters. The molecule has 0 spiro atoms. The molecule has 0 saturated carbocycles. The van der Waals surface area contributed by atoms with Crippen LogP contribution in [-0.2, 0) is 5.41 Å². The van der Waals surface area contributed by atoms with Crippen LogP contribution in [0, 0.1) is 0 Å². The van der Waals surface area contributed by atoms with Crippen molar-refractivity contribution in [2.75, 3.05) is 26.7 Å². The number of rotatable bonds is 4. The van der Waals surface area contributed by atoms with E-state index in [2.05, 4.69) is 16.7 Å². The van der Waals surface area contributed by atoms with Crippen LogP contribution in [0.2, 0.25) is 10.0 Å². The first kappa shape index (κ1) is 14.1. The van der Waals surface area contributed by atoms with E-state index in [1.165, 1.54) is 18.4 Å². The van der Waals surface area contributed by atoms with Crippen LogP contribution < -0.4 is 10.6 Å². The number of benzene rings is 1. The van der Waals surface area contributed by atoms with E-state index >= 15 is 0 Å². The van der Waals surface area contributed by atoms with Crippen LogP contribution in [0.4, 0.5) is 0 Å². The van der Waals surface area contributed by atoms with Gasteiger partial charge in [-0.2, -0.15) is 0 Å². The third-order valence-electron chi connectivity index (χ3n) is 3.86. The second kappa shape index (κ2) is 6.25. The van der Waals surface area contributed by atoms with E-state index < -0.39 is 0 Å². The van der Waals surface area contributed by atoms with Crippen LogP contribution in [0.25, 0.3) is 0 Å². The van der Waals surface area contributed by atoms with E-state index in [9.17, 15) is 0 Å². The van der Waals surface area contributed by atoms with Gasteiger partial charge in [0, 0.05) is 12.0 Å². The third kappa shape index (κ3) is 3.00. The Balaban J connectivity index is 2.29. The zero-order valence-corrected chi connectivity index (χ0v) is 12.2. The minimum absolute atomic E-state index is 0.190. The monoisotopic (exact) mass is 286 g/mol. The maximum Gasteiger partial charge on any atom is 0.0595 e. The van der Waals surface area contributed by atoms with Crippen molar-refractivity contribution in [3.8, 4) is 0 Å². The molecule has 1 heterocycles. The molecule has 4 heteroatoms. The van der Waals surface area contributed by atoms with Gasteiger partial charge in [-0.05, 0) is 57.1 Å². The Hall–Kier alpha value is -0.280. The lowest BCUT2D eigenvalue weighted by Gasteiger charge is -2.38. The van der Waals surface area contributed by atoms with Gasteiger partial charge < -0.3 is 10.6 Å². The Morgan fingerprint density at radius 2 is 2.17 bits per heavy atom. The van der Waals surface area contributed by atoms with Crippen molar-refractivity contribution in [3.63, 3.8) is 0 Å². The molecular weight excluding hydrogens is 267 g/mol. The molecule has 0 aliphatic carbocycles. The molecule has 2 rings (SSSR count). The molecular formula is C14H20Cl2N2. The predicted octanol–water partition coefficient (Wildman–Crippen LogP) is 3.22. The SMILES string of the molecule is CNCC[C@]1(c2ccc(Cl)c(Cl)c2)CCCNC1. The van der Waals surface area contributed by atoms with Gasteiger partial charge in [0.2, 0.25) is 0 Å². The molecule has 1 aromatic rings. The molecule has 0 amide bonds. The highest BCUT2D eigenvalue weighted by Crippen LogP contribution is 2.37. The van der Waals surface area contributed by atoms with Gasteiger partial charge in [-0.25, -0.2) is 0 Å². The lowest BCUT2D eigenvalue weighted by atomic mass is 9.72. The summed E-state index contributed by atoms with van der Waals surface area (Å²) in [6, 6.07) is 6.07. The van der Waals surface area contributed by atoms with Crippen molar-refractivity contribution in [3.05, 3.63) is 33.8 Å². The zero-order valence-electron chi connectivity index (χ0n) is 10.7. The quantitative estimate of drug-likeness (QED) is 0.888. The lowest BCUT2D eigenvalue weighted by molar-refractivity contribution is 0.291. The number of nitrogens with one attached hydrogen (secondary N) is 2. The maximum absolute atomic E-state index is 6.16. The summed E-state index contributed by atoms with van der Waals surface area (Å²) in [5.41, 5.74) is 1.49. The number of halogens is 2. The Labute approximate surface area is 119 Å². The standard InChI is InChI=1S/C14H20Cl2N2/c1-17-8-6-14(5-2-7-18-10-14)11-3-4-12(15)13(16)9-11/h3-4,9,17-18H,2,5-8,10H2,1H3/t14-/m1/s1. The molecule has 1 aromatic carbocycles. The first-order valence-corrected chi connectivity index (χ1v) is 7.24. The second-order valence-corrected chi connectivity index (χ2v) is 5.86. The summed E-state index contributed by atoms with van der Waals surface area (Å²) in [6.07, 6.45) is 3.54. The molecule has 2 N–H and O–H groups in total. The Morgan fingerprint density at radius 3 is 2.78 bits per heavy atom. The van der Waals surface area contributed by atoms with E-state index in [1.807, 2.05) is 19.2 Å². The van der Waals surface area contributed by atoms with Crippen molar-refractivity contribution in [1.29, 1.82) is 0 Å². The fraction of sp³-hybridized carbons (Fsp3) is 0.571. The van der Waals surface area contributed by atoms with Gasteiger partial charge in [0.05, 0.1) is 10.0 Å². The number of hydrogen-bond acceptors (Lipinski definition) is 2. The minimum atomic E-state index is 0.190. The van der Waals surface area contributed by atoms with Crippen molar-refractivity contribution in [2.45, 2.75) is 24.7 Å². The largest absolute Gasteiger partial charge is 0.320 e. The molecule has 0 bridgehead atoms. The van der Waals surface area contributed by atoms with E-state index in [0.717, 1.165) is 26.1 Å². The van der Waals surface area contributed by atoms with Gasteiger partial charge in [-0.1, -0.05) is 29.3 Å². The fourth-order valence-corrected chi connectivity index (χ4v) is 3.06. The van der Waals surface area contributed by atoms with Gasteiger partial charge in [-0.3, -0.25) is 0 Å². The lowest BCUT2D eigenvalue weighted by Crippen LogP contribution is -2.44. The third-order valence-corrected chi connectivity index (χ3v) is 4.60. The molecule has 1 saturated heterocycles. The van der Waals surface area contributed by atoms with Crippen LogP contribution in [0.1, 0.15) is 24.8 Å². The minimum Gasteiger partial charge on any atom is -0.320 e. The van der Waals surface area contributed by atoms with Gasteiger partial charge in [0.1, 0.15) is 0 Å². The Kier molecular flexibility index (Phi) is 4.91. The Bertz CT molecular complexity index is 401. The highest BCUT2D eigenvalue weighted by atomic mass is 35.5. The zero-order chi connectivity index (χ0) is 13.0. The van der Waals surface area contributed by atoms with Crippen LogP contribution in [0.5, 0.6) is 0 Å². The summed E-state index contributed by atoms with van der Waals surface area (Å²) in [5, 5.41) is 8.05. The summed E-state index contributed by atoms with van der Waals surface area (Å²) < 4.78 is 0. The Morgan fingerprint density at radius 1 is 1.33 bits per heavy atom. The number of hydrogen-bond donors (Lipinski definition) is 2. The van der Waals surface area contributed by atoms with Crippen LogP contribution >= 0.6 is 23.2 Å². The van der Waals surface area contributed by atoms with Crippen molar-refractivity contribution in [2.24, 2.45) is 0 Å². The van der Waals surface area contributed by atoms with E-state index in [4.69, 9.17) is 23.2 Å². The first-order valence-electron chi connectivity index (χ1n) is 6.49. The van der Waals surface area contributed by atoms with Gasteiger partial charge >= 0.3 is 0 Å². The van der Waals surface area contributed by atoms with Crippen molar-refractivity contribution < 1.29 is 0 Å². The van der Waals surface area contributed by atoms with Crippen molar-refractivity contribution >= 4 is 23.2 Å². The average Bonchev–Trinajstić information content (AvgIpc) is 2.40. The van der Waals surface area contributed by atoms with E-state index in [-0.39, 0.29) is 5.41 Å². The summed E-state index contributed by atoms with van der Waals surface area (Å²) in [6.45, 7) is 3.15.